The van der Waals surface area contributed by atoms with Gasteiger partial charge < -0.3 is 5.32 Å². The van der Waals surface area contributed by atoms with E-state index in [1.807, 2.05) is 0 Å². The lowest BCUT2D eigenvalue weighted by Gasteiger charge is -2.04. The third-order valence-corrected chi connectivity index (χ3v) is 3.55. The minimum Gasteiger partial charge on any atom is -0.318 e. The van der Waals surface area contributed by atoms with Crippen LogP contribution in [0.25, 0.3) is 0 Å². The minimum absolute atomic E-state index is 0.154. The van der Waals surface area contributed by atoms with Crippen molar-refractivity contribution in [2.75, 3.05) is 5.32 Å². The van der Waals surface area contributed by atoms with Crippen molar-refractivity contribution in [2.45, 2.75) is 4.90 Å². The molecule has 8 heteroatoms. The molecule has 1 aliphatic rings. The zero-order valence-corrected chi connectivity index (χ0v) is 9.22. The van der Waals surface area contributed by atoms with Gasteiger partial charge in [-0.1, -0.05) is 11.6 Å². The molecule has 1 aromatic carbocycles. The van der Waals surface area contributed by atoms with Crippen LogP contribution in [0.2, 0.25) is 5.02 Å². The summed E-state index contributed by atoms with van der Waals surface area (Å²) in [6.45, 7) is 0. The number of hydrogen-bond acceptors (Lipinski definition) is 4. The number of sulfonamides is 1. The number of fused-ring (bicyclic) bond motifs is 1. The van der Waals surface area contributed by atoms with Crippen molar-refractivity contribution in [3.05, 3.63) is 22.7 Å². The number of benzene rings is 1. The molecule has 0 saturated carbocycles. The van der Waals surface area contributed by atoms with Gasteiger partial charge in [0.05, 0.1) is 16.3 Å². The van der Waals surface area contributed by atoms with Crippen LogP contribution in [0, 0.1) is 0 Å². The van der Waals surface area contributed by atoms with E-state index in [4.69, 9.17) is 16.7 Å². The molecule has 1 amide bonds. The first-order chi connectivity index (χ1) is 7.32. The number of hydrogen-bond donors (Lipinski definition) is 2. The standard InChI is InChI=1S/C8H5ClN2O4S/c9-6-4(16(10,14)15)2-1-3-5(6)7(12)8(13)11-3/h1-2H,(H2,10,14,15)(H,11,12,13). The van der Waals surface area contributed by atoms with Crippen molar-refractivity contribution in [3.63, 3.8) is 0 Å². The monoisotopic (exact) mass is 260 g/mol. The molecule has 84 valence electrons. The fourth-order valence-corrected chi connectivity index (χ4v) is 2.58. The Kier molecular flexibility index (Phi) is 2.26. The maximum absolute atomic E-state index is 11.4. The van der Waals surface area contributed by atoms with Crippen LogP contribution in [0.15, 0.2) is 17.0 Å². The molecule has 2 rings (SSSR count). The zero-order chi connectivity index (χ0) is 12.1. The van der Waals surface area contributed by atoms with Crippen molar-refractivity contribution < 1.29 is 18.0 Å². The molecule has 0 fully saturated rings. The Labute approximate surface area is 95.4 Å². The predicted octanol–water partition coefficient (Wildman–Crippen LogP) is 0.122. The second kappa shape index (κ2) is 3.27. The van der Waals surface area contributed by atoms with E-state index in [0.717, 1.165) is 6.07 Å². The Morgan fingerprint density at radius 2 is 1.88 bits per heavy atom. The number of halogens is 1. The van der Waals surface area contributed by atoms with Crippen molar-refractivity contribution in [3.8, 4) is 0 Å². The summed E-state index contributed by atoms with van der Waals surface area (Å²) in [5, 5.41) is 6.83. The lowest BCUT2D eigenvalue weighted by molar-refractivity contribution is -0.112. The molecular weight excluding hydrogens is 256 g/mol. The maximum Gasteiger partial charge on any atom is 0.296 e. The van der Waals surface area contributed by atoms with Gasteiger partial charge in [-0.2, -0.15) is 0 Å². The predicted molar refractivity (Wildman–Crippen MR) is 55.8 cm³/mol. The molecule has 0 radical (unpaired) electrons. The van der Waals surface area contributed by atoms with E-state index >= 15 is 0 Å². The van der Waals surface area contributed by atoms with Crippen LogP contribution < -0.4 is 10.5 Å². The highest BCUT2D eigenvalue weighted by Gasteiger charge is 2.33. The van der Waals surface area contributed by atoms with E-state index in [9.17, 15) is 18.0 Å². The third-order valence-electron chi connectivity index (χ3n) is 2.09. The molecular formula is C8H5ClN2O4S. The van der Waals surface area contributed by atoms with Gasteiger partial charge in [-0.05, 0) is 12.1 Å². The number of anilines is 1. The molecule has 0 spiro atoms. The number of nitrogens with one attached hydrogen (secondary N) is 1. The van der Waals surface area contributed by atoms with Crippen LogP contribution in [-0.4, -0.2) is 20.1 Å². The van der Waals surface area contributed by atoms with Gasteiger partial charge >= 0.3 is 0 Å². The molecule has 0 bridgehead atoms. The van der Waals surface area contributed by atoms with E-state index in [1.54, 1.807) is 0 Å². The fourth-order valence-electron chi connectivity index (χ4n) is 1.40. The van der Waals surface area contributed by atoms with Crippen LogP contribution in [0.4, 0.5) is 5.69 Å². The van der Waals surface area contributed by atoms with E-state index < -0.39 is 21.7 Å². The van der Waals surface area contributed by atoms with Crippen LogP contribution >= 0.6 is 11.6 Å². The SMILES string of the molecule is NS(=O)(=O)c1ccc2c(c1Cl)C(=O)C(=O)N2. The number of amides is 1. The van der Waals surface area contributed by atoms with Crippen molar-refractivity contribution in [1.82, 2.24) is 0 Å². The highest BCUT2D eigenvalue weighted by Crippen LogP contribution is 2.34. The number of Topliss-reactive ketones (excluding diaryl/α,β-unsaturated/α-hetero) is 1. The molecule has 1 aromatic rings. The van der Waals surface area contributed by atoms with Gasteiger partial charge in [0.25, 0.3) is 11.7 Å². The molecule has 16 heavy (non-hydrogen) atoms. The summed E-state index contributed by atoms with van der Waals surface area (Å²) in [5.74, 6) is -1.71. The fraction of sp³-hybridized carbons (Fsp3) is 0. The summed E-state index contributed by atoms with van der Waals surface area (Å²) in [4.78, 5) is 22.0. The Morgan fingerprint density at radius 1 is 1.25 bits per heavy atom. The third kappa shape index (κ3) is 1.49. The normalized spacial score (nSPS) is 14.9. The zero-order valence-electron chi connectivity index (χ0n) is 7.65. The van der Waals surface area contributed by atoms with Gasteiger partial charge in [-0.25, -0.2) is 13.6 Å². The number of rotatable bonds is 1. The topological polar surface area (TPSA) is 106 Å². The Bertz CT molecular complexity index is 623. The van der Waals surface area contributed by atoms with Crippen LogP contribution in [-0.2, 0) is 14.8 Å². The average molecular weight is 261 g/mol. The summed E-state index contributed by atoms with van der Waals surface area (Å²) >= 11 is 5.73. The smallest absolute Gasteiger partial charge is 0.296 e. The molecule has 3 N–H and O–H groups in total. The Morgan fingerprint density at radius 3 is 2.44 bits per heavy atom. The molecule has 1 heterocycles. The van der Waals surface area contributed by atoms with Gasteiger partial charge in [0, 0.05) is 0 Å². The molecule has 0 saturated heterocycles. The molecule has 0 atom stereocenters. The Balaban J connectivity index is 2.77. The highest BCUT2D eigenvalue weighted by atomic mass is 35.5. The highest BCUT2D eigenvalue weighted by molar-refractivity contribution is 7.89. The molecule has 0 aliphatic carbocycles. The van der Waals surface area contributed by atoms with Crippen LogP contribution in [0.1, 0.15) is 10.4 Å². The first-order valence-electron chi connectivity index (χ1n) is 4.03. The number of primary sulfonamides is 1. The van der Waals surface area contributed by atoms with Gasteiger partial charge in [0.2, 0.25) is 10.0 Å². The first kappa shape index (κ1) is 11.1. The summed E-state index contributed by atoms with van der Waals surface area (Å²) < 4.78 is 22.2. The Hall–Kier alpha value is -1.44. The van der Waals surface area contributed by atoms with Gasteiger partial charge in [0.15, 0.2) is 0 Å². The van der Waals surface area contributed by atoms with Gasteiger partial charge in [0.1, 0.15) is 4.90 Å². The molecule has 0 aromatic heterocycles. The summed E-state index contributed by atoms with van der Waals surface area (Å²) in [6.07, 6.45) is 0. The van der Waals surface area contributed by atoms with Crippen LogP contribution in [0.3, 0.4) is 0 Å². The summed E-state index contributed by atoms with van der Waals surface area (Å²) in [5.41, 5.74) is 0.0330. The summed E-state index contributed by atoms with van der Waals surface area (Å²) in [6, 6.07) is 2.40. The van der Waals surface area contributed by atoms with Crippen molar-refractivity contribution >= 4 is 39.0 Å². The van der Waals surface area contributed by atoms with Gasteiger partial charge in [-0.3, -0.25) is 9.59 Å². The second-order valence-corrected chi connectivity index (χ2v) is 5.04. The molecule has 0 unspecified atom stereocenters. The first-order valence-corrected chi connectivity index (χ1v) is 5.96. The molecule has 6 nitrogen and oxygen atoms in total. The number of ketones is 1. The number of carbonyl (C=O) groups is 2. The van der Waals surface area contributed by atoms with E-state index in [0.29, 0.717) is 0 Å². The molecule has 1 aliphatic heterocycles. The second-order valence-electron chi connectivity index (χ2n) is 3.13. The average Bonchev–Trinajstić information content (AvgIpc) is 2.41. The summed E-state index contributed by atoms with van der Waals surface area (Å²) in [7, 11) is -4.02. The van der Waals surface area contributed by atoms with Gasteiger partial charge in [-0.15, -0.1) is 0 Å². The van der Waals surface area contributed by atoms with E-state index in [2.05, 4.69) is 5.32 Å². The van der Waals surface area contributed by atoms with Crippen LogP contribution in [0.5, 0.6) is 0 Å². The number of carbonyl (C=O) groups excluding carboxylic acids is 2. The quantitative estimate of drug-likeness (QED) is 0.700. The largest absolute Gasteiger partial charge is 0.318 e. The number of nitrogens with two attached hydrogens (primary N) is 1. The van der Waals surface area contributed by atoms with E-state index in [-0.39, 0.29) is 21.2 Å². The lowest BCUT2D eigenvalue weighted by atomic mass is 10.1. The maximum atomic E-state index is 11.4. The lowest BCUT2D eigenvalue weighted by Crippen LogP contribution is -2.14. The van der Waals surface area contributed by atoms with Crippen molar-refractivity contribution in [2.24, 2.45) is 5.14 Å². The minimum atomic E-state index is -4.02. The van der Waals surface area contributed by atoms with Crippen molar-refractivity contribution in [1.29, 1.82) is 0 Å². The van der Waals surface area contributed by atoms with E-state index in [1.165, 1.54) is 6.07 Å².